The lowest BCUT2D eigenvalue weighted by Gasteiger charge is -2.26. The lowest BCUT2D eigenvalue weighted by Crippen LogP contribution is -2.41. The lowest BCUT2D eigenvalue weighted by atomic mass is 9.89. The number of para-hydroxylation sites is 1. The van der Waals surface area contributed by atoms with Gasteiger partial charge in [0.25, 0.3) is 0 Å². The molecule has 0 spiro atoms. The van der Waals surface area contributed by atoms with E-state index in [1.807, 2.05) is 48.5 Å². The number of fused-ring (bicyclic) bond motifs is 1. The van der Waals surface area contributed by atoms with Crippen LogP contribution in [-0.2, 0) is 21.6 Å². The smallest absolute Gasteiger partial charge is 0.355 e. The molecular weight excluding hydrogens is 268 g/mol. The van der Waals surface area contributed by atoms with Gasteiger partial charge in [0.05, 0.1) is 14.2 Å². The van der Waals surface area contributed by atoms with Crippen LogP contribution in [0.1, 0.15) is 11.1 Å². The van der Waals surface area contributed by atoms with E-state index in [1.54, 1.807) is 7.11 Å². The third kappa shape index (κ3) is 2.13. The van der Waals surface area contributed by atoms with Crippen LogP contribution in [0.3, 0.4) is 0 Å². The minimum absolute atomic E-state index is 0.399. The van der Waals surface area contributed by atoms with Gasteiger partial charge >= 0.3 is 5.97 Å². The minimum Gasteiger partial charge on any atom is -0.497 e. The second-order valence-corrected chi connectivity index (χ2v) is 4.93. The van der Waals surface area contributed by atoms with E-state index in [0.29, 0.717) is 6.42 Å². The maximum Gasteiger partial charge on any atom is 0.355 e. The molecule has 0 saturated carbocycles. The Balaban J connectivity index is 2.05. The van der Waals surface area contributed by atoms with Crippen molar-refractivity contribution in [1.29, 1.82) is 0 Å². The summed E-state index contributed by atoms with van der Waals surface area (Å²) in [5.41, 5.74) is 0.634. The molecule has 1 unspecified atom stereocenters. The van der Waals surface area contributed by atoms with Crippen LogP contribution in [0.2, 0.25) is 0 Å². The van der Waals surface area contributed by atoms with Crippen LogP contribution < -0.4 is 9.47 Å². The molecule has 4 heteroatoms. The van der Waals surface area contributed by atoms with Gasteiger partial charge in [0.15, 0.2) is 0 Å². The standard InChI is InChI=1S/C17H16O4/c1-19-14-9-7-13(8-10-14)17(16(18)20-2)11-12-5-3-4-6-15(12)21-17/h3-10H,11H2,1-2H3. The molecule has 0 amide bonds. The molecule has 1 aliphatic heterocycles. The maximum atomic E-state index is 12.4. The summed E-state index contributed by atoms with van der Waals surface area (Å²) in [7, 11) is 2.98. The van der Waals surface area contributed by atoms with Gasteiger partial charge in [-0.2, -0.15) is 0 Å². The summed E-state index contributed by atoms with van der Waals surface area (Å²) in [6.07, 6.45) is 0.460. The summed E-state index contributed by atoms with van der Waals surface area (Å²) in [4.78, 5) is 12.4. The van der Waals surface area contributed by atoms with Crippen LogP contribution in [0.25, 0.3) is 0 Å². The zero-order chi connectivity index (χ0) is 14.9. The van der Waals surface area contributed by atoms with E-state index in [-0.39, 0.29) is 0 Å². The Morgan fingerprint density at radius 3 is 2.43 bits per heavy atom. The van der Waals surface area contributed by atoms with E-state index in [0.717, 1.165) is 22.6 Å². The lowest BCUT2D eigenvalue weighted by molar-refractivity contribution is -0.158. The van der Waals surface area contributed by atoms with Gasteiger partial charge < -0.3 is 14.2 Å². The number of ether oxygens (including phenoxy) is 3. The summed E-state index contributed by atoms with van der Waals surface area (Å²) in [5.74, 6) is 1.05. The molecule has 4 nitrogen and oxygen atoms in total. The molecule has 0 bridgehead atoms. The van der Waals surface area contributed by atoms with E-state index < -0.39 is 11.6 Å². The van der Waals surface area contributed by atoms with Crippen molar-refractivity contribution in [3.8, 4) is 11.5 Å². The molecule has 3 rings (SSSR count). The highest BCUT2D eigenvalue weighted by molar-refractivity contribution is 5.83. The Morgan fingerprint density at radius 1 is 1.10 bits per heavy atom. The molecule has 2 aromatic carbocycles. The van der Waals surface area contributed by atoms with Crippen molar-refractivity contribution in [2.75, 3.05) is 14.2 Å². The number of methoxy groups -OCH3 is 2. The fourth-order valence-electron chi connectivity index (χ4n) is 2.66. The number of carbonyl (C=O) groups excluding carboxylic acids is 1. The SMILES string of the molecule is COC(=O)C1(c2ccc(OC)cc2)Cc2ccccc2O1. The zero-order valence-corrected chi connectivity index (χ0v) is 12.0. The molecule has 1 heterocycles. The first-order valence-electron chi connectivity index (χ1n) is 6.69. The van der Waals surface area contributed by atoms with Crippen LogP contribution >= 0.6 is 0 Å². The van der Waals surface area contributed by atoms with E-state index in [2.05, 4.69) is 0 Å². The molecule has 0 aliphatic carbocycles. The fraction of sp³-hybridized carbons (Fsp3) is 0.235. The summed E-state index contributed by atoms with van der Waals surface area (Å²) < 4.78 is 16.1. The minimum atomic E-state index is -1.12. The molecule has 108 valence electrons. The number of hydrogen-bond donors (Lipinski definition) is 0. The average molecular weight is 284 g/mol. The normalized spacial score (nSPS) is 19.5. The van der Waals surface area contributed by atoms with Gasteiger partial charge in [0.2, 0.25) is 5.60 Å². The molecule has 21 heavy (non-hydrogen) atoms. The Hall–Kier alpha value is -2.49. The molecule has 0 radical (unpaired) electrons. The van der Waals surface area contributed by atoms with Gasteiger partial charge in [-0.15, -0.1) is 0 Å². The molecule has 0 aromatic heterocycles. The van der Waals surface area contributed by atoms with E-state index in [4.69, 9.17) is 14.2 Å². The van der Waals surface area contributed by atoms with Crippen LogP contribution in [0.4, 0.5) is 0 Å². The fourth-order valence-corrected chi connectivity index (χ4v) is 2.66. The Kier molecular flexibility index (Phi) is 3.29. The highest BCUT2D eigenvalue weighted by Gasteiger charge is 2.49. The molecular formula is C17H16O4. The van der Waals surface area contributed by atoms with Crippen molar-refractivity contribution >= 4 is 5.97 Å². The Morgan fingerprint density at radius 2 is 1.81 bits per heavy atom. The van der Waals surface area contributed by atoms with Gasteiger partial charge in [0, 0.05) is 12.0 Å². The highest BCUT2D eigenvalue weighted by Crippen LogP contribution is 2.42. The zero-order valence-electron chi connectivity index (χ0n) is 12.0. The van der Waals surface area contributed by atoms with Gasteiger partial charge in [-0.05, 0) is 23.8 Å². The number of rotatable bonds is 3. The topological polar surface area (TPSA) is 44.8 Å². The number of esters is 1. The summed E-state index contributed by atoms with van der Waals surface area (Å²) >= 11 is 0. The molecule has 1 aliphatic rings. The predicted octanol–water partition coefficient (Wildman–Crippen LogP) is 2.70. The summed E-state index contributed by atoms with van der Waals surface area (Å²) in [5, 5.41) is 0. The number of benzene rings is 2. The Labute approximate surface area is 123 Å². The van der Waals surface area contributed by atoms with Crippen LogP contribution in [0.5, 0.6) is 11.5 Å². The summed E-state index contributed by atoms with van der Waals surface area (Å²) in [6.45, 7) is 0. The van der Waals surface area contributed by atoms with Gasteiger partial charge in [-0.1, -0.05) is 30.3 Å². The Bertz CT molecular complexity index is 636. The predicted molar refractivity (Wildman–Crippen MR) is 77.5 cm³/mol. The molecule has 0 saturated heterocycles. The molecule has 2 aromatic rings. The first-order chi connectivity index (χ1) is 10.2. The third-order valence-electron chi connectivity index (χ3n) is 3.77. The quantitative estimate of drug-likeness (QED) is 0.813. The first kappa shape index (κ1) is 13.5. The van der Waals surface area contributed by atoms with Crippen molar-refractivity contribution in [3.63, 3.8) is 0 Å². The van der Waals surface area contributed by atoms with E-state index in [1.165, 1.54) is 7.11 Å². The molecule has 0 fully saturated rings. The van der Waals surface area contributed by atoms with Crippen LogP contribution in [0, 0.1) is 0 Å². The van der Waals surface area contributed by atoms with Crippen molar-refractivity contribution in [1.82, 2.24) is 0 Å². The maximum absolute atomic E-state index is 12.4. The number of hydrogen-bond acceptors (Lipinski definition) is 4. The van der Waals surface area contributed by atoms with Gasteiger partial charge in [-0.3, -0.25) is 0 Å². The van der Waals surface area contributed by atoms with E-state index >= 15 is 0 Å². The number of carbonyl (C=O) groups is 1. The van der Waals surface area contributed by atoms with Crippen molar-refractivity contribution < 1.29 is 19.0 Å². The second-order valence-electron chi connectivity index (χ2n) is 4.93. The molecule has 0 N–H and O–H groups in total. The van der Waals surface area contributed by atoms with Crippen LogP contribution in [-0.4, -0.2) is 20.2 Å². The summed E-state index contributed by atoms with van der Waals surface area (Å²) in [6, 6.07) is 14.9. The first-order valence-corrected chi connectivity index (χ1v) is 6.69. The van der Waals surface area contributed by atoms with E-state index in [9.17, 15) is 4.79 Å². The second kappa shape index (κ2) is 5.13. The van der Waals surface area contributed by atoms with Gasteiger partial charge in [-0.25, -0.2) is 4.79 Å². The van der Waals surface area contributed by atoms with Gasteiger partial charge in [0.1, 0.15) is 11.5 Å². The van der Waals surface area contributed by atoms with Crippen molar-refractivity contribution in [2.45, 2.75) is 12.0 Å². The van der Waals surface area contributed by atoms with Crippen molar-refractivity contribution in [3.05, 3.63) is 59.7 Å². The highest BCUT2D eigenvalue weighted by atomic mass is 16.6. The largest absolute Gasteiger partial charge is 0.497 e. The van der Waals surface area contributed by atoms with Crippen molar-refractivity contribution in [2.24, 2.45) is 0 Å². The van der Waals surface area contributed by atoms with Crippen LogP contribution in [0.15, 0.2) is 48.5 Å². The third-order valence-corrected chi connectivity index (χ3v) is 3.77. The monoisotopic (exact) mass is 284 g/mol. The molecule has 1 atom stereocenters. The average Bonchev–Trinajstić information content (AvgIpc) is 2.94.